The molecule has 0 aliphatic heterocycles. The minimum atomic E-state index is -3.14. The van der Waals surface area contributed by atoms with Crippen LogP contribution in [-0.4, -0.2) is 45.8 Å². The molecule has 1 heterocycles. The van der Waals surface area contributed by atoms with Crippen molar-refractivity contribution in [2.75, 3.05) is 26.4 Å². The van der Waals surface area contributed by atoms with Gasteiger partial charge in [0.25, 0.3) is 0 Å². The fraction of sp³-hybridized carbons (Fsp3) is 0.455. The summed E-state index contributed by atoms with van der Waals surface area (Å²) < 4.78 is 24.1. The van der Waals surface area contributed by atoms with E-state index in [1.54, 1.807) is 13.2 Å². The fourth-order valence-electron chi connectivity index (χ4n) is 1.31. The quantitative estimate of drug-likeness (QED) is 0.365. The molecular weight excluding hydrogens is 266 g/mol. The summed E-state index contributed by atoms with van der Waals surface area (Å²) in [6.45, 7) is 1.32. The summed E-state index contributed by atoms with van der Waals surface area (Å²) in [6.07, 6.45) is 2.85. The van der Waals surface area contributed by atoms with Crippen LogP contribution in [0, 0.1) is 0 Å². The van der Waals surface area contributed by atoms with Gasteiger partial charge in [-0.1, -0.05) is 6.07 Å². The second-order valence-electron chi connectivity index (χ2n) is 3.84. The zero-order chi connectivity index (χ0) is 14.1. The van der Waals surface area contributed by atoms with Gasteiger partial charge in [-0.15, -0.1) is 0 Å². The third-order valence-electron chi connectivity index (χ3n) is 2.17. The molecular formula is C11H19N5O2S. The van der Waals surface area contributed by atoms with Crippen LogP contribution in [0.1, 0.15) is 5.69 Å². The van der Waals surface area contributed by atoms with Gasteiger partial charge in [-0.05, 0) is 12.1 Å². The summed E-state index contributed by atoms with van der Waals surface area (Å²) >= 11 is 0. The van der Waals surface area contributed by atoms with E-state index in [0.29, 0.717) is 25.6 Å². The normalized spacial score (nSPS) is 12.2. The lowest BCUT2D eigenvalue weighted by molar-refractivity contribution is 0.586. The number of aliphatic imine (C=N–C) groups is 1. The monoisotopic (exact) mass is 285 g/mol. The molecule has 3 N–H and O–H groups in total. The van der Waals surface area contributed by atoms with E-state index in [1.165, 1.54) is 0 Å². The van der Waals surface area contributed by atoms with Crippen molar-refractivity contribution in [3.05, 3.63) is 30.1 Å². The average molecular weight is 285 g/mol. The lowest BCUT2D eigenvalue weighted by Crippen LogP contribution is -2.41. The molecule has 0 unspecified atom stereocenters. The Kier molecular flexibility index (Phi) is 6.23. The number of aromatic nitrogens is 1. The van der Waals surface area contributed by atoms with Crippen LogP contribution in [0.4, 0.5) is 0 Å². The number of nitrogens with one attached hydrogen (secondary N) is 3. The highest BCUT2D eigenvalue weighted by Crippen LogP contribution is 1.91. The fourth-order valence-corrected chi connectivity index (χ4v) is 1.79. The zero-order valence-electron chi connectivity index (χ0n) is 11.0. The molecule has 0 aromatic carbocycles. The van der Waals surface area contributed by atoms with E-state index in [9.17, 15) is 8.42 Å². The lowest BCUT2D eigenvalue weighted by atomic mass is 10.3. The summed E-state index contributed by atoms with van der Waals surface area (Å²) in [5.74, 6) is 0.598. The maximum absolute atomic E-state index is 10.9. The number of sulfonamides is 1. The van der Waals surface area contributed by atoms with Gasteiger partial charge in [-0.2, -0.15) is 0 Å². The van der Waals surface area contributed by atoms with Crippen molar-refractivity contribution in [2.24, 2.45) is 4.99 Å². The van der Waals surface area contributed by atoms with Gasteiger partial charge in [0.2, 0.25) is 10.0 Å². The highest BCUT2D eigenvalue weighted by molar-refractivity contribution is 7.88. The number of guanidine groups is 1. The van der Waals surface area contributed by atoms with Gasteiger partial charge in [0, 0.05) is 26.3 Å². The van der Waals surface area contributed by atoms with E-state index in [-0.39, 0.29) is 0 Å². The molecule has 1 rings (SSSR count). The van der Waals surface area contributed by atoms with Crippen molar-refractivity contribution in [3.63, 3.8) is 0 Å². The molecule has 0 saturated heterocycles. The predicted molar refractivity (Wildman–Crippen MR) is 75.3 cm³/mol. The van der Waals surface area contributed by atoms with E-state index in [4.69, 9.17) is 0 Å². The third kappa shape index (κ3) is 7.37. The predicted octanol–water partition coefficient (Wildman–Crippen LogP) is -0.704. The van der Waals surface area contributed by atoms with Crippen LogP contribution in [0.2, 0.25) is 0 Å². The second-order valence-corrected chi connectivity index (χ2v) is 5.67. The molecule has 0 aliphatic carbocycles. The highest BCUT2D eigenvalue weighted by Gasteiger charge is 2.01. The van der Waals surface area contributed by atoms with Crippen molar-refractivity contribution in [3.8, 4) is 0 Å². The van der Waals surface area contributed by atoms with Gasteiger partial charge < -0.3 is 10.6 Å². The second kappa shape index (κ2) is 7.70. The van der Waals surface area contributed by atoms with Gasteiger partial charge in [0.1, 0.15) is 0 Å². The smallest absolute Gasteiger partial charge is 0.208 e. The van der Waals surface area contributed by atoms with Gasteiger partial charge in [0.15, 0.2) is 5.96 Å². The first-order valence-corrected chi connectivity index (χ1v) is 7.69. The molecule has 8 heteroatoms. The number of hydrogen-bond acceptors (Lipinski definition) is 4. The Bertz CT molecular complexity index is 501. The Morgan fingerprint density at radius 2 is 2.11 bits per heavy atom. The van der Waals surface area contributed by atoms with Crippen molar-refractivity contribution < 1.29 is 8.42 Å². The molecule has 0 amide bonds. The van der Waals surface area contributed by atoms with Crippen molar-refractivity contribution in [2.45, 2.75) is 6.54 Å². The molecule has 0 radical (unpaired) electrons. The lowest BCUT2D eigenvalue weighted by Gasteiger charge is -2.11. The average Bonchev–Trinajstić information content (AvgIpc) is 2.38. The van der Waals surface area contributed by atoms with Crippen molar-refractivity contribution in [1.29, 1.82) is 0 Å². The summed E-state index contributed by atoms with van der Waals surface area (Å²) in [5.41, 5.74) is 0.903. The Balaban J connectivity index is 2.27. The molecule has 0 spiro atoms. The van der Waals surface area contributed by atoms with E-state index < -0.39 is 10.0 Å². The molecule has 0 fully saturated rings. The van der Waals surface area contributed by atoms with Crippen LogP contribution in [0.3, 0.4) is 0 Å². The van der Waals surface area contributed by atoms with Crippen molar-refractivity contribution >= 4 is 16.0 Å². The Hall–Kier alpha value is -1.67. The number of nitrogens with zero attached hydrogens (tertiary/aromatic N) is 2. The van der Waals surface area contributed by atoms with E-state index in [2.05, 4.69) is 25.3 Å². The van der Waals surface area contributed by atoms with E-state index >= 15 is 0 Å². The minimum absolute atomic E-state index is 0.309. The highest BCUT2D eigenvalue weighted by atomic mass is 32.2. The van der Waals surface area contributed by atoms with Crippen LogP contribution >= 0.6 is 0 Å². The zero-order valence-corrected chi connectivity index (χ0v) is 11.9. The third-order valence-corrected chi connectivity index (χ3v) is 2.90. The molecule has 1 aromatic heterocycles. The Morgan fingerprint density at radius 1 is 1.32 bits per heavy atom. The standard InChI is InChI=1S/C11H19N5O2S/c1-12-11(14-7-8-16-19(2,17)18)15-9-10-5-3-4-6-13-10/h3-6,16H,7-9H2,1-2H3,(H2,12,14,15). The first-order chi connectivity index (χ1) is 9.01. The maximum Gasteiger partial charge on any atom is 0.208 e. The molecule has 106 valence electrons. The first-order valence-electron chi connectivity index (χ1n) is 5.80. The van der Waals surface area contributed by atoms with Crippen molar-refractivity contribution in [1.82, 2.24) is 20.3 Å². The minimum Gasteiger partial charge on any atom is -0.355 e. The van der Waals surface area contributed by atoms with Crippen LogP contribution in [-0.2, 0) is 16.6 Å². The van der Waals surface area contributed by atoms with Gasteiger partial charge in [0.05, 0.1) is 18.5 Å². The summed E-state index contributed by atoms with van der Waals surface area (Å²) in [4.78, 5) is 8.20. The Morgan fingerprint density at radius 3 is 2.68 bits per heavy atom. The van der Waals surface area contributed by atoms with Crippen LogP contribution in [0.15, 0.2) is 29.4 Å². The number of hydrogen-bond donors (Lipinski definition) is 3. The topological polar surface area (TPSA) is 95.5 Å². The first kappa shape index (κ1) is 15.4. The summed E-state index contributed by atoms with van der Waals surface area (Å²) in [6, 6.07) is 5.68. The molecule has 0 saturated carbocycles. The molecule has 19 heavy (non-hydrogen) atoms. The maximum atomic E-state index is 10.9. The molecule has 0 aliphatic rings. The van der Waals surface area contributed by atoms with Crippen LogP contribution in [0.5, 0.6) is 0 Å². The molecule has 7 nitrogen and oxygen atoms in total. The summed E-state index contributed by atoms with van der Waals surface area (Å²) in [7, 11) is -1.49. The molecule has 0 bridgehead atoms. The summed E-state index contributed by atoms with van der Waals surface area (Å²) in [5, 5.41) is 6.08. The van der Waals surface area contributed by atoms with Gasteiger partial charge in [-0.3, -0.25) is 9.98 Å². The van der Waals surface area contributed by atoms with E-state index in [0.717, 1.165) is 11.9 Å². The molecule has 1 aromatic rings. The SMILES string of the molecule is CN=C(NCCNS(C)(=O)=O)NCc1ccccn1. The number of rotatable bonds is 6. The van der Waals surface area contributed by atoms with Crippen LogP contribution < -0.4 is 15.4 Å². The number of pyridine rings is 1. The molecule has 0 atom stereocenters. The van der Waals surface area contributed by atoms with Gasteiger partial charge in [-0.25, -0.2) is 13.1 Å². The van der Waals surface area contributed by atoms with Gasteiger partial charge >= 0.3 is 0 Å². The largest absolute Gasteiger partial charge is 0.355 e. The Labute approximate surface area is 113 Å². The van der Waals surface area contributed by atoms with Crippen LogP contribution in [0.25, 0.3) is 0 Å². The van der Waals surface area contributed by atoms with E-state index in [1.807, 2.05) is 18.2 Å².